The number of allylic oxidation sites excluding steroid dienone is 1. The summed E-state index contributed by atoms with van der Waals surface area (Å²) in [5, 5.41) is 0. The Bertz CT molecular complexity index is 488. The molecule has 0 spiro atoms. The maximum absolute atomic E-state index is 11.9. The summed E-state index contributed by atoms with van der Waals surface area (Å²) < 4.78 is 10.4. The van der Waals surface area contributed by atoms with Gasteiger partial charge >= 0.3 is 5.97 Å². The van der Waals surface area contributed by atoms with E-state index in [2.05, 4.69) is 19.1 Å². The third kappa shape index (κ3) is 4.35. The molecule has 3 nitrogen and oxygen atoms in total. The topological polar surface area (TPSA) is 35.5 Å². The van der Waals surface area contributed by atoms with Crippen LogP contribution in [0.15, 0.2) is 35.9 Å². The summed E-state index contributed by atoms with van der Waals surface area (Å²) in [7, 11) is 1.68. The molecule has 1 aromatic rings. The van der Waals surface area contributed by atoms with Crippen LogP contribution in [0.3, 0.4) is 0 Å². The molecule has 1 aromatic carbocycles. The fraction of sp³-hybridized carbons (Fsp3) is 0.500. The number of methoxy groups -OCH3 is 1. The SMILES string of the molecule is CCCCOC(=O)C1=CCC(c2ccc(OC)cc2)CC1. The van der Waals surface area contributed by atoms with Crippen LogP contribution in [0.25, 0.3) is 0 Å². The highest BCUT2D eigenvalue weighted by Gasteiger charge is 2.20. The molecule has 0 heterocycles. The van der Waals surface area contributed by atoms with Crippen LogP contribution in [0.2, 0.25) is 0 Å². The molecule has 0 fully saturated rings. The zero-order valence-electron chi connectivity index (χ0n) is 12.9. The lowest BCUT2D eigenvalue weighted by atomic mass is 9.84. The lowest BCUT2D eigenvalue weighted by Crippen LogP contribution is -2.14. The summed E-state index contributed by atoms with van der Waals surface area (Å²) in [6.07, 6.45) is 6.75. The molecule has 1 atom stereocenters. The minimum Gasteiger partial charge on any atom is -0.497 e. The van der Waals surface area contributed by atoms with Crippen molar-refractivity contribution in [2.75, 3.05) is 13.7 Å². The molecule has 1 aliphatic rings. The van der Waals surface area contributed by atoms with Gasteiger partial charge in [-0.25, -0.2) is 4.79 Å². The molecule has 1 unspecified atom stereocenters. The van der Waals surface area contributed by atoms with Crippen LogP contribution >= 0.6 is 0 Å². The minimum absolute atomic E-state index is 0.128. The number of esters is 1. The van der Waals surface area contributed by atoms with E-state index >= 15 is 0 Å². The average molecular weight is 288 g/mol. The Morgan fingerprint density at radius 3 is 2.62 bits per heavy atom. The summed E-state index contributed by atoms with van der Waals surface area (Å²) >= 11 is 0. The molecule has 3 heteroatoms. The second kappa shape index (κ2) is 7.87. The summed E-state index contributed by atoms with van der Waals surface area (Å²) in [5.74, 6) is 1.24. The number of rotatable bonds is 6. The Labute approximate surface area is 127 Å². The van der Waals surface area contributed by atoms with Gasteiger partial charge in [0, 0.05) is 5.57 Å². The molecule has 1 aliphatic carbocycles. The second-order valence-corrected chi connectivity index (χ2v) is 5.46. The summed E-state index contributed by atoms with van der Waals surface area (Å²) in [6.45, 7) is 2.63. The number of benzene rings is 1. The van der Waals surface area contributed by atoms with Gasteiger partial charge in [0.2, 0.25) is 0 Å². The number of carbonyl (C=O) groups excluding carboxylic acids is 1. The van der Waals surface area contributed by atoms with Gasteiger partial charge in [0.1, 0.15) is 5.75 Å². The van der Waals surface area contributed by atoms with Crippen molar-refractivity contribution in [3.8, 4) is 5.75 Å². The number of hydrogen-bond donors (Lipinski definition) is 0. The molecule has 114 valence electrons. The molecule has 21 heavy (non-hydrogen) atoms. The van der Waals surface area contributed by atoms with Crippen LogP contribution in [0.4, 0.5) is 0 Å². The van der Waals surface area contributed by atoms with E-state index < -0.39 is 0 Å². The van der Waals surface area contributed by atoms with Crippen LogP contribution in [0.5, 0.6) is 5.75 Å². The fourth-order valence-corrected chi connectivity index (χ4v) is 2.60. The predicted molar refractivity (Wildman–Crippen MR) is 83.5 cm³/mol. The molecule has 0 radical (unpaired) electrons. The van der Waals surface area contributed by atoms with Crippen molar-refractivity contribution in [1.82, 2.24) is 0 Å². The van der Waals surface area contributed by atoms with Gasteiger partial charge in [-0.15, -0.1) is 0 Å². The van der Waals surface area contributed by atoms with Gasteiger partial charge in [-0.05, 0) is 49.3 Å². The van der Waals surface area contributed by atoms with Gasteiger partial charge in [-0.2, -0.15) is 0 Å². The second-order valence-electron chi connectivity index (χ2n) is 5.46. The lowest BCUT2D eigenvalue weighted by Gasteiger charge is -2.21. The van der Waals surface area contributed by atoms with Crippen LogP contribution in [-0.4, -0.2) is 19.7 Å². The van der Waals surface area contributed by atoms with Gasteiger partial charge in [-0.1, -0.05) is 31.6 Å². The first kappa shape index (κ1) is 15.6. The van der Waals surface area contributed by atoms with Gasteiger partial charge in [0.05, 0.1) is 13.7 Å². The maximum atomic E-state index is 11.9. The number of unbranched alkanes of at least 4 members (excludes halogenated alkanes) is 1. The van der Waals surface area contributed by atoms with E-state index in [1.165, 1.54) is 5.56 Å². The fourth-order valence-electron chi connectivity index (χ4n) is 2.60. The largest absolute Gasteiger partial charge is 0.497 e. The van der Waals surface area contributed by atoms with Crippen LogP contribution in [0, 0.1) is 0 Å². The van der Waals surface area contributed by atoms with Crippen molar-refractivity contribution < 1.29 is 14.3 Å². The first-order valence-electron chi connectivity index (χ1n) is 7.74. The molecule has 0 aromatic heterocycles. The van der Waals surface area contributed by atoms with Crippen molar-refractivity contribution in [3.05, 3.63) is 41.5 Å². The van der Waals surface area contributed by atoms with Crippen LogP contribution < -0.4 is 4.74 Å². The van der Waals surface area contributed by atoms with E-state index in [0.29, 0.717) is 12.5 Å². The van der Waals surface area contributed by atoms with Gasteiger partial charge in [-0.3, -0.25) is 0 Å². The first-order chi connectivity index (χ1) is 10.2. The summed E-state index contributed by atoms with van der Waals surface area (Å²) in [6, 6.07) is 8.21. The molecule has 0 N–H and O–H groups in total. The first-order valence-corrected chi connectivity index (χ1v) is 7.74. The Balaban J connectivity index is 1.89. The quantitative estimate of drug-likeness (QED) is 0.580. The third-order valence-corrected chi connectivity index (χ3v) is 3.99. The highest BCUT2D eigenvalue weighted by atomic mass is 16.5. The summed E-state index contributed by atoms with van der Waals surface area (Å²) in [5.41, 5.74) is 2.15. The highest BCUT2D eigenvalue weighted by molar-refractivity contribution is 5.88. The minimum atomic E-state index is -0.128. The molecular weight excluding hydrogens is 264 g/mol. The smallest absolute Gasteiger partial charge is 0.333 e. The molecular formula is C18H24O3. The molecule has 0 amide bonds. The number of carbonyl (C=O) groups is 1. The molecule has 0 saturated carbocycles. The monoisotopic (exact) mass is 288 g/mol. The van der Waals surface area contributed by atoms with E-state index in [0.717, 1.165) is 43.4 Å². The molecule has 0 aliphatic heterocycles. The van der Waals surface area contributed by atoms with Crippen molar-refractivity contribution in [3.63, 3.8) is 0 Å². The summed E-state index contributed by atoms with van der Waals surface area (Å²) in [4.78, 5) is 11.9. The molecule has 2 rings (SSSR count). The van der Waals surface area contributed by atoms with Crippen molar-refractivity contribution in [2.45, 2.75) is 44.9 Å². The van der Waals surface area contributed by atoms with Gasteiger partial charge < -0.3 is 9.47 Å². The van der Waals surface area contributed by atoms with E-state index in [-0.39, 0.29) is 5.97 Å². The standard InChI is InChI=1S/C18H24O3/c1-3-4-13-21-18(19)16-7-5-14(6-8-16)15-9-11-17(20-2)12-10-15/h7,9-12,14H,3-6,8,13H2,1-2H3. The Hall–Kier alpha value is -1.77. The Kier molecular flexibility index (Phi) is 5.85. The van der Waals surface area contributed by atoms with Gasteiger partial charge in [0.25, 0.3) is 0 Å². The Morgan fingerprint density at radius 1 is 1.29 bits per heavy atom. The Morgan fingerprint density at radius 2 is 2.05 bits per heavy atom. The van der Waals surface area contributed by atoms with Crippen molar-refractivity contribution >= 4 is 5.97 Å². The predicted octanol–water partition coefficient (Wildman–Crippen LogP) is 4.23. The zero-order valence-corrected chi connectivity index (χ0v) is 12.9. The number of hydrogen-bond acceptors (Lipinski definition) is 3. The van der Waals surface area contributed by atoms with Crippen LogP contribution in [0.1, 0.15) is 50.5 Å². The molecule has 0 bridgehead atoms. The van der Waals surface area contributed by atoms with Crippen LogP contribution in [-0.2, 0) is 9.53 Å². The van der Waals surface area contributed by atoms with Crippen molar-refractivity contribution in [1.29, 1.82) is 0 Å². The zero-order chi connectivity index (χ0) is 15.1. The lowest BCUT2D eigenvalue weighted by molar-refractivity contribution is -0.139. The third-order valence-electron chi connectivity index (χ3n) is 3.99. The van der Waals surface area contributed by atoms with E-state index in [1.54, 1.807) is 7.11 Å². The van der Waals surface area contributed by atoms with E-state index in [9.17, 15) is 4.79 Å². The van der Waals surface area contributed by atoms with E-state index in [1.807, 2.05) is 18.2 Å². The average Bonchev–Trinajstić information content (AvgIpc) is 2.55. The van der Waals surface area contributed by atoms with Crippen molar-refractivity contribution in [2.24, 2.45) is 0 Å². The maximum Gasteiger partial charge on any atom is 0.333 e. The number of ether oxygens (including phenoxy) is 2. The van der Waals surface area contributed by atoms with Gasteiger partial charge in [0.15, 0.2) is 0 Å². The molecule has 0 saturated heterocycles. The normalized spacial score (nSPS) is 18.0. The van der Waals surface area contributed by atoms with E-state index in [4.69, 9.17) is 9.47 Å². The highest BCUT2D eigenvalue weighted by Crippen LogP contribution is 2.33.